The zero-order chi connectivity index (χ0) is 15.2. The van der Waals surface area contributed by atoms with Gasteiger partial charge in [0.25, 0.3) is 0 Å². The number of nitrogen functional groups attached to an aromatic ring is 1. The van der Waals surface area contributed by atoms with Gasteiger partial charge in [0, 0.05) is 4.47 Å². The van der Waals surface area contributed by atoms with Gasteiger partial charge in [0.1, 0.15) is 23.1 Å². The third kappa shape index (κ3) is 4.23. The van der Waals surface area contributed by atoms with Crippen LogP contribution in [0.4, 0.5) is 0 Å². The van der Waals surface area contributed by atoms with Crippen molar-refractivity contribution >= 4 is 21.8 Å². The summed E-state index contributed by atoms with van der Waals surface area (Å²) in [6.45, 7) is 2.76. The normalized spacial score (nSPS) is 10.2. The second kappa shape index (κ2) is 7.13. The van der Waals surface area contributed by atoms with Gasteiger partial charge >= 0.3 is 0 Å². The van der Waals surface area contributed by atoms with Gasteiger partial charge in [-0.05, 0) is 48.9 Å². The molecule has 110 valence electrons. The minimum absolute atomic E-state index is 0.0331. The molecule has 0 fully saturated rings. The minimum atomic E-state index is -0.0331. The molecule has 0 unspecified atom stereocenters. The van der Waals surface area contributed by atoms with E-state index in [2.05, 4.69) is 22.9 Å². The van der Waals surface area contributed by atoms with Crippen molar-refractivity contribution in [1.29, 1.82) is 5.41 Å². The first kappa shape index (κ1) is 15.4. The largest absolute Gasteiger partial charge is 0.494 e. The summed E-state index contributed by atoms with van der Waals surface area (Å²) in [6.07, 6.45) is 0.971. The molecule has 0 aliphatic rings. The summed E-state index contributed by atoms with van der Waals surface area (Å²) in [6, 6.07) is 12.8. The molecule has 0 aliphatic carbocycles. The fraction of sp³-hybridized carbons (Fsp3) is 0.188. The maximum Gasteiger partial charge on any atom is 0.138 e. The van der Waals surface area contributed by atoms with Crippen molar-refractivity contribution in [3.8, 4) is 17.2 Å². The third-order valence-electron chi connectivity index (χ3n) is 2.76. The number of nitrogens with one attached hydrogen (secondary N) is 1. The Morgan fingerprint density at radius 1 is 1.14 bits per heavy atom. The van der Waals surface area contributed by atoms with Gasteiger partial charge in [-0.2, -0.15) is 0 Å². The van der Waals surface area contributed by atoms with E-state index in [4.69, 9.17) is 20.6 Å². The van der Waals surface area contributed by atoms with E-state index in [1.165, 1.54) is 0 Å². The Labute approximate surface area is 132 Å². The molecule has 0 aliphatic heterocycles. The Morgan fingerprint density at radius 3 is 2.43 bits per heavy atom. The lowest BCUT2D eigenvalue weighted by Crippen LogP contribution is -2.12. The summed E-state index contributed by atoms with van der Waals surface area (Å²) in [5.41, 5.74) is 6.13. The summed E-state index contributed by atoms with van der Waals surface area (Å²) < 4.78 is 12.2. The van der Waals surface area contributed by atoms with E-state index in [0.29, 0.717) is 23.7 Å². The number of halogens is 1. The first-order chi connectivity index (χ1) is 10.1. The molecule has 0 bridgehead atoms. The zero-order valence-electron chi connectivity index (χ0n) is 11.7. The molecule has 2 rings (SSSR count). The van der Waals surface area contributed by atoms with Crippen LogP contribution in [0.2, 0.25) is 0 Å². The first-order valence-electron chi connectivity index (χ1n) is 6.65. The van der Waals surface area contributed by atoms with E-state index in [1.807, 2.05) is 30.3 Å². The van der Waals surface area contributed by atoms with Crippen molar-refractivity contribution in [2.24, 2.45) is 5.73 Å². The van der Waals surface area contributed by atoms with Crippen LogP contribution in [0.3, 0.4) is 0 Å². The molecule has 0 aromatic heterocycles. The predicted molar refractivity (Wildman–Crippen MR) is 87.5 cm³/mol. The Kier molecular flexibility index (Phi) is 5.22. The lowest BCUT2D eigenvalue weighted by molar-refractivity contribution is 0.317. The third-order valence-corrected chi connectivity index (χ3v) is 3.25. The maximum absolute atomic E-state index is 7.61. The lowest BCUT2D eigenvalue weighted by Gasteiger charge is -2.11. The van der Waals surface area contributed by atoms with Crippen molar-refractivity contribution in [1.82, 2.24) is 0 Å². The monoisotopic (exact) mass is 348 g/mol. The highest BCUT2D eigenvalue weighted by atomic mass is 79.9. The van der Waals surface area contributed by atoms with Crippen LogP contribution in [-0.4, -0.2) is 12.4 Å². The first-order valence-corrected chi connectivity index (χ1v) is 7.44. The zero-order valence-corrected chi connectivity index (χ0v) is 13.3. The number of hydrogen-bond acceptors (Lipinski definition) is 3. The lowest BCUT2D eigenvalue weighted by atomic mass is 10.2. The minimum Gasteiger partial charge on any atom is -0.494 e. The molecule has 21 heavy (non-hydrogen) atoms. The van der Waals surface area contributed by atoms with Crippen molar-refractivity contribution in [3.05, 3.63) is 52.5 Å². The number of nitrogens with two attached hydrogens (primary N) is 1. The molecule has 0 atom stereocenters. The van der Waals surface area contributed by atoms with Gasteiger partial charge in [0.2, 0.25) is 0 Å². The van der Waals surface area contributed by atoms with Gasteiger partial charge in [-0.3, -0.25) is 5.41 Å². The van der Waals surface area contributed by atoms with Crippen molar-refractivity contribution in [2.75, 3.05) is 6.61 Å². The van der Waals surface area contributed by atoms with Gasteiger partial charge in [-0.25, -0.2) is 0 Å². The highest BCUT2D eigenvalue weighted by molar-refractivity contribution is 9.10. The highest BCUT2D eigenvalue weighted by Gasteiger charge is 2.08. The van der Waals surface area contributed by atoms with Gasteiger partial charge in [0.15, 0.2) is 0 Å². The summed E-state index contributed by atoms with van der Waals surface area (Å²) >= 11 is 3.36. The molecule has 3 N–H and O–H groups in total. The van der Waals surface area contributed by atoms with Gasteiger partial charge in [-0.15, -0.1) is 0 Å². The number of rotatable bonds is 6. The van der Waals surface area contributed by atoms with Crippen molar-refractivity contribution < 1.29 is 9.47 Å². The van der Waals surface area contributed by atoms with Gasteiger partial charge < -0.3 is 15.2 Å². The fourth-order valence-corrected chi connectivity index (χ4v) is 2.11. The Hall–Kier alpha value is -2.01. The van der Waals surface area contributed by atoms with E-state index in [1.54, 1.807) is 12.1 Å². The average Bonchev–Trinajstić information content (AvgIpc) is 2.48. The summed E-state index contributed by atoms with van der Waals surface area (Å²) in [5, 5.41) is 7.61. The average molecular weight is 349 g/mol. The Balaban J connectivity index is 2.16. The molecule has 0 saturated heterocycles. The molecule has 0 heterocycles. The molecule has 0 amide bonds. The SMILES string of the molecule is CCCOc1ccc(Oc2ccc(Br)cc2C(=N)N)cc1. The second-order valence-electron chi connectivity index (χ2n) is 4.48. The topological polar surface area (TPSA) is 68.3 Å². The Morgan fingerprint density at radius 2 is 1.81 bits per heavy atom. The van der Waals surface area contributed by atoms with Gasteiger partial charge in [0.05, 0.1) is 12.2 Å². The van der Waals surface area contributed by atoms with Crippen LogP contribution >= 0.6 is 15.9 Å². The molecule has 0 saturated carbocycles. The van der Waals surface area contributed by atoms with Crippen LogP contribution in [0, 0.1) is 5.41 Å². The summed E-state index contributed by atoms with van der Waals surface area (Å²) in [4.78, 5) is 0. The molecule has 2 aromatic carbocycles. The van der Waals surface area contributed by atoms with Crippen LogP contribution in [0.25, 0.3) is 0 Å². The molecular weight excluding hydrogens is 332 g/mol. The molecule has 0 radical (unpaired) electrons. The van der Waals surface area contributed by atoms with Crippen LogP contribution in [0.1, 0.15) is 18.9 Å². The quantitative estimate of drug-likeness (QED) is 0.603. The van der Waals surface area contributed by atoms with Crippen molar-refractivity contribution in [2.45, 2.75) is 13.3 Å². The predicted octanol–water partition coefficient (Wildman–Crippen LogP) is 4.31. The molecule has 4 nitrogen and oxygen atoms in total. The van der Waals surface area contributed by atoms with Crippen LogP contribution in [0.5, 0.6) is 17.2 Å². The number of benzene rings is 2. The standard InChI is InChI=1S/C16H17BrN2O2/c1-2-9-20-12-4-6-13(7-5-12)21-15-8-3-11(17)10-14(15)16(18)19/h3-8,10H,2,9H2,1H3,(H3,18,19). The maximum atomic E-state index is 7.61. The van der Waals surface area contributed by atoms with E-state index in [-0.39, 0.29) is 5.84 Å². The van der Waals surface area contributed by atoms with E-state index >= 15 is 0 Å². The molecule has 5 heteroatoms. The van der Waals surface area contributed by atoms with Crippen LogP contribution < -0.4 is 15.2 Å². The van der Waals surface area contributed by atoms with E-state index < -0.39 is 0 Å². The van der Waals surface area contributed by atoms with E-state index in [9.17, 15) is 0 Å². The van der Waals surface area contributed by atoms with E-state index in [0.717, 1.165) is 16.6 Å². The highest BCUT2D eigenvalue weighted by Crippen LogP contribution is 2.29. The van der Waals surface area contributed by atoms with Crippen molar-refractivity contribution in [3.63, 3.8) is 0 Å². The molecular formula is C16H17BrN2O2. The Bertz CT molecular complexity index is 627. The molecule has 0 spiro atoms. The van der Waals surface area contributed by atoms with Crippen LogP contribution in [-0.2, 0) is 0 Å². The fourth-order valence-electron chi connectivity index (χ4n) is 1.75. The molecule has 2 aromatic rings. The summed E-state index contributed by atoms with van der Waals surface area (Å²) in [5.74, 6) is 2.00. The summed E-state index contributed by atoms with van der Waals surface area (Å²) in [7, 11) is 0. The second-order valence-corrected chi connectivity index (χ2v) is 5.39. The number of amidine groups is 1. The number of ether oxygens (including phenoxy) is 2. The number of hydrogen-bond donors (Lipinski definition) is 2. The smallest absolute Gasteiger partial charge is 0.138 e. The van der Waals surface area contributed by atoms with Gasteiger partial charge in [-0.1, -0.05) is 22.9 Å². The van der Waals surface area contributed by atoms with Crippen LogP contribution in [0.15, 0.2) is 46.9 Å².